The summed E-state index contributed by atoms with van der Waals surface area (Å²) < 4.78 is 38.8. The van der Waals surface area contributed by atoms with Crippen LogP contribution >= 0.6 is 0 Å². The lowest BCUT2D eigenvalue weighted by molar-refractivity contribution is -0.172. The second-order valence-electron chi connectivity index (χ2n) is 5.36. The smallest absolute Gasteiger partial charge is 0.408 e. The number of aliphatic carboxylic acids is 1. The van der Waals surface area contributed by atoms with Crippen molar-refractivity contribution in [2.45, 2.75) is 44.3 Å². The minimum absolute atomic E-state index is 0.135. The number of hydrogen-bond acceptors (Lipinski definition) is 2. The maximum atomic E-state index is 12.9. The summed E-state index contributed by atoms with van der Waals surface area (Å²) in [6, 6.07) is -1.84. The molecule has 2 aliphatic carbocycles. The highest BCUT2D eigenvalue weighted by Crippen LogP contribution is 2.40. The topological polar surface area (TPSA) is 66.4 Å². The van der Waals surface area contributed by atoms with Crippen LogP contribution in [-0.2, 0) is 9.59 Å². The fraction of sp³-hybridized carbons (Fsp3) is 0.833. The van der Waals surface area contributed by atoms with Crippen molar-refractivity contribution < 1.29 is 27.9 Å². The number of amides is 1. The Morgan fingerprint density at radius 3 is 2.16 bits per heavy atom. The van der Waals surface area contributed by atoms with Gasteiger partial charge in [-0.3, -0.25) is 9.59 Å². The van der Waals surface area contributed by atoms with Crippen LogP contribution < -0.4 is 5.32 Å². The zero-order valence-corrected chi connectivity index (χ0v) is 10.2. The van der Waals surface area contributed by atoms with E-state index in [2.05, 4.69) is 0 Å². The van der Waals surface area contributed by atoms with Gasteiger partial charge < -0.3 is 10.4 Å². The second-order valence-corrected chi connectivity index (χ2v) is 5.36. The second kappa shape index (κ2) is 5.02. The minimum atomic E-state index is -4.47. The molecule has 4 nitrogen and oxygen atoms in total. The molecule has 0 unspecified atom stereocenters. The van der Waals surface area contributed by atoms with Crippen molar-refractivity contribution >= 4 is 11.9 Å². The SMILES string of the molecule is O=C(O)[C@@H]1C[C@H]1C(=O)N[C@H](C1CCCC1)C(F)(F)F. The van der Waals surface area contributed by atoms with Crippen molar-refractivity contribution in [2.24, 2.45) is 17.8 Å². The van der Waals surface area contributed by atoms with E-state index in [1.54, 1.807) is 0 Å². The van der Waals surface area contributed by atoms with Crippen LogP contribution in [0.2, 0.25) is 0 Å². The summed E-state index contributed by atoms with van der Waals surface area (Å²) >= 11 is 0. The Labute approximate surface area is 108 Å². The van der Waals surface area contributed by atoms with E-state index in [0.717, 1.165) is 12.8 Å². The number of carboxylic acid groups (broad SMARTS) is 1. The molecule has 2 aliphatic rings. The van der Waals surface area contributed by atoms with Gasteiger partial charge in [0.15, 0.2) is 0 Å². The largest absolute Gasteiger partial charge is 0.481 e. The van der Waals surface area contributed by atoms with Crippen LogP contribution in [0.15, 0.2) is 0 Å². The summed E-state index contributed by atoms with van der Waals surface area (Å²) in [4.78, 5) is 22.3. The number of hydrogen-bond donors (Lipinski definition) is 2. The molecule has 0 spiro atoms. The first kappa shape index (κ1) is 14.1. The summed E-state index contributed by atoms with van der Waals surface area (Å²) in [5.41, 5.74) is 0. The number of halogens is 3. The summed E-state index contributed by atoms with van der Waals surface area (Å²) in [5, 5.41) is 10.7. The maximum Gasteiger partial charge on any atom is 0.408 e. The van der Waals surface area contributed by atoms with Crippen LogP contribution in [0.1, 0.15) is 32.1 Å². The van der Waals surface area contributed by atoms with E-state index in [-0.39, 0.29) is 6.42 Å². The standard InChI is InChI=1S/C12H16F3NO3/c13-12(14,15)9(6-3-1-2-4-6)16-10(17)7-5-8(7)11(18)19/h6-9H,1-5H2,(H,16,17)(H,18,19)/t7-,8-,9-/m1/s1. The van der Waals surface area contributed by atoms with E-state index >= 15 is 0 Å². The summed E-state index contributed by atoms with van der Waals surface area (Å²) in [6.07, 6.45) is -1.94. The molecule has 0 aromatic carbocycles. The molecule has 0 heterocycles. The zero-order valence-electron chi connectivity index (χ0n) is 10.2. The van der Waals surface area contributed by atoms with Gasteiger partial charge in [0.25, 0.3) is 0 Å². The molecule has 108 valence electrons. The Bertz CT molecular complexity index is 377. The number of rotatable bonds is 4. The first-order valence-corrected chi connectivity index (χ1v) is 6.40. The molecule has 2 rings (SSSR count). The fourth-order valence-electron chi connectivity index (χ4n) is 2.78. The molecule has 0 radical (unpaired) electrons. The average Bonchev–Trinajstić information content (AvgIpc) is 2.93. The third-order valence-electron chi connectivity index (χ3n) is 3.97. The van der Waals surface area contributed by atoms with Gasteiger partial charge in [-0.1, -0.05) is 12.8 Å². The van der Waals surface area contributed by atoms with E-state index in [1.165, 1.54) is 0 Å². The molecular formula is C12H16F3NO3. The third-order valence-corrected chi connectivity index (χ3v) is 3.97. The van der Waals surface area contributed by atoms with Crippen LogP contribution in [0.25, 0.3) is 0 Å². The molecule has 3 atom stereocenters. The molecule has 0 saturated heterocycles. The maximum absolute atomic E-state index is 12.9. The number of nitrogens with one attached hydrogen (secondary N) is 1. The third kappa shape index (κ3) is 3.19. The Hall–Kier alpha value is -1.27. The molecule has 0 aliphatic heterocycles. The zero-order chi connectivity index (χ0) is 14.2. The normalized spacial score (nSPS) is 29.0. The Balaban J connectivity index is 1.97. The number of carbonyl (C=O) groups is 2. The molecule has 2 saturated carbocycles. The Morgan fingerprint density at radius 1 is 1.16 bits per heavy atom. The van der Waals surface area contributed by atoms with Gasteiger partial charge in [0.05, 0.1) is 11.8 Å². The predicted octanol–water partition coefficient (Wildman–Crippen LogP) is 1.94. The highest BCUT2D eigenvalue weighted by atomic mass is 19.4. The van der Waals surface area contributed by atoms with Crippen LogP contribution in [-0.4, -0.2) is 29.2 Å². The first-order chi connectivity index (χ1) is 8.80. The Morgan fingerprint density at radius 2 is 1.74 bits per heavy atom. The van der Waals surface area contributed by atoms with Crippen molar-refractivity contribution in [1.29, 1.82) is 0 Å². The van der Waals surface area contributed by atoms with E-state index in [1.807, 2.05) is 5.32 Å². The lowest BCUT2D eigenvalue weighted by Crippen LogP contribution is -2.50. The van der Waals surface area contributed by atoms with Crippen molar-refractivity contribution in [3.05, 3.63) is 0 Å². The van der Waals surface area contributed by atoms with Crippen molar-refractivity contribution in [3.8, 4) is 0 Å². The number of carboxylic acids is 1. The van der Waals surface area contributed by atoms with Gasteiger partial charge in [-0.2, -0.15) is 13.2 Å². The van der Waals surface area contributed by atoms with Gasteiger partial charge in [0.1, 0.15) is 6.04 Å². The molecule has 0 aromatic rings. The lowest BCUT2D eigenvalue weighted by Gasteiger charge is -2.27. The van der Waals surface area contributed by atoms with Crippen molar-refractivity contribution in [3.63, 3.8) is 0 Å². The molecule has 1 amide bonds. The summed E-state index contributed by atoms with van der Waals surface area (Å²) in [6.45, 7) is 0. The van der Waals surface area contributed by atoms with Gasteiger partial charge in [-0.15, -0.1) is 0 Å². The van der Waals surface area contributed by atoms with Crippen LogP contribution in [0.5, 0.6) is 0 Å². The molecular weight excluding hydrogens is 263 g/mol. The average molecular weight is 279 g/mol. The molecule has 2 N–H and O–H groups in total. The van der Waals surface area contributed by atoms with E-state index < -0.39 is 41.8 Å². The summed E-state index contributed by atoms with van der Waals surface area (Å²) in [7, 11) is 0. The number of carbonyl (C=O) groups excluding carboxylic acids is 1. The molecule has 7 heteroatoms. The fourth-order valence-corrected chi connectivity index (χ4v) is 2.78. The van der Waals surface area contributed by atoms with E-state index in [4.69, 9.17) is 5.11 Å². The predicted molar refractivity (Wildman–Crippen MR) is 59.2 cm³/mol. The highest BCUT2D eigenvalue weighted by Gasteiger charge is 2.52. The minimum Gasteiger partial charge on any atom is -0.481 e. The van der Waals surface area contributed by atoms with Crippen molar-refractivity contribution in [2.75, 3.05) is 0 Å². The van der Waals surface area contributed by atoms with Gasteiger partial charge in [0, 0.05) is 0 Å². The van der Waals surface area contributed by atoms with Gasteiger partial charge in [0.2, 0.25) is 5.91 Å². The monoisotopic (exact) mass is 279 g/mol. The van der Waals surface area contributed by atoms with Gasteiger partial charge in [-0.05, 0) is 25.2 Å². The van der Waals surface area contributed by atoms with Gasteiger partial charge >= 0.3 is 12.1 Å². The molecule has 19 heavy (non-hydrogen) atoms. The lowest BCUT2D eigenvalue weighted by atomic mass is 9.97. The van der Waals surface area contributed by atoms with Gasteiger partial charge in [-0.25, -0.2) is 0 Å². The highest BCUT2D eigenvalue weighted by molar-refractivity contribution is 5.89. The number of alkyl halides is 3. The van der Waals surface area contributed by atoms with Crippen LogP contribution in [0, 0.1) is 17.8 Å². The first-order valence-electron chi connectivity index (χ1n) is 6.40. The van der Waals surface area contributed by atoms with E-state index in [0.29, 0.717) is 12.8 Å². The quantitative estimate of drug-likeness (QED) is 0.826. The molecule has 0 bridgehead atoms. The van der Waals surface area contributed by atoms with Crippen molar-refractivity contribution in [1.82, 2.24) is 5.32 Å². The van der Waals surface area contributed by atoms with Crippen LogP contribution in [0.3, 0.4) is 0 Å². The Kier molecular flexibility index (Phi) is 3.73. The molecule has 2 fully saturated rings. The summed E-state index contributed by atoms with van der Waals surface area (Å²) in [5.74, 6) is -4.10. The van der Waals surface area contributed by atoms with Crippen LogP contribution in [0.4, 0.5) is 13.2 Å². The molecule has 0 aromatic heterocycles. The van der Waals surface area contributed by atoms with E-state index in [9.17, 15) is 22.8 Å².